The molecule has 0 aromatic heterocycles. The van der Waals surface area contributed by atoms with E-state index in [-0.39, 0.29) is 13.1 Å². The number of hydrogen-bond donors (Lipinski definition) is 0. The van der Waals surface area contributed by atoms with Crippen molar-refractivity contribution in [3.63, 3.8) is 0 Å². The van der Waals surface area contributed by atoms with Crippen LogP contribution in [0.4, 0.5) is 17.6 Å². The number of hydrogen-bond acceptors (Lipinski definition) is 1. The highest BCUT2D eigenvalue weighted by atomic mass is 19.3. The summed E-state index contributed by atoms with van der Waals surface area (Å²) in [5, 5.41) is 0. The molecule has 6 heteroatoms. The van der Waals surface area contributed by atoms with E-state index in [4.69, 9.17) is 0 Å². The predicted molar refractivity (Wildman–Crippen MR) is 50.5 cm³/mol. The van der Waals surface area contributed by atoms with E-state index in [0.717, 1.165) is 11.3 Å². The molecule has 0 N–H and O–H groups in total. The van der Waals surface area contributed by atoms with Crippen LogP contribution in [0.3, 0.4) is 0 Å². The summed E-state index contributed by atoms with van der Waals surface area (Å²) in [6, 6.07) is 0. The molecule has 0 aromatic carbocycles. The Kier molecular flexibility index (Phi) is 4.15. The predicted octanol–water partition coefficient (Wildman–Crippen LogP) is 2.54. The van der Waals surface area contributed by atoms with Crippen molar-refractivity contribution in [1.82, 2.24) is 4.90 Å². The third-order valence-electron chi connectivity index (χ3n) is 3.04. The minimum Gasteiger partial charge on any atom is -0.337 e. The first-order chi connectivity index (χ1) is 7.39. The van der Waals surface area contributed by atoms with Gasteiger partial charge in [-0.2, -0.15) is 8.78 Å². The van der Waals surface area contributed by atoms with Crippen molar-refractivity contribution in [2.45, 2.75) is 38.5 Å². The Morgan fingerprint density at radius 1 is 1.38 bits per heavy atom. The first kappa shape index (κ1) is 13.3. The first-order valence-corrected chi connectivity index (χ1v) is 5.35. The van der Waals surface area contributed by atoms with Crippen molar-refractivity contribution >= 4 is 5.91 Å². The number of nitrogens with zero attached hydrogens (tertiary/aromatic N) is 1. The van der Waals surface area contributed by atoms with E-state index in [1.54, 1.807) is 0 Å². The Morgan fingerprint density at radius 3 is 2.25 bits per heavy atom. The Labute approximate surface area is 91.6 Å². The Bertz CT molecular complexity index is 249. The molecule has 0 bridgehead atoms. The summed E-state index contributed by atoms with van der Waals surface area (Å²) in [6.45, 7) is 2.29. The van der Waals surface area contributed by atoms with Crippen LogP contribution in [-0.2, 0) is 4.79 Å². The Hall–Kier alpha value is -0.810. The molecule has 0 aliphatic carbocycles. The van der Waals surface area contributed by atoms with Gasteiger partial charge < -0.3 is 4.90 Å². The maximum absolute atomic E-state index is 12.8. The SMILES string of the molecule is CCC1CCN(C(=O)C(F)(F)C(F)F)CC1. The van der Waals surface area contributed by atoms with Gasteiger partial charge in [0.25, 0.3) is 5.91 Å². The van der Waals surface area contributed by atoms with E-state index in [2.05, 4.69) is 0 Å². The zero-order chi connectivity index (χ0) is 12.3. The standard InChI is InChI=1S/C10H15F4NO/c1-2-7-3-5-15(6-4-7)9(16)10(13,14)8(11)12/h7-8H,2-6H2,1H3. The second kappa shape index (κ2) is 5.01. The van der Waals surface area contributed by atoms with E-state index in [0.29, 0.717) is 18.8 Å². The molecule has 1 fully saturated rings. The number of piperidine rings is 1. The van der Waals surface area contributed by atoms with Gasteiger partial charge in [0.2, 0.25) is 0 Å². The van der Waals surface area contributed by atoms with Gasteiger partial charge in [-0.3, -0.25) is 4.79 Å². The maximum Gasteiger partial charge on any atom is 0.383 e. The third-order valence-corrected chi connectivity index (χ3v) is 3.04. The van der Waals surface area contributed by atoms with Gasteiger partial charge in [-0.05, 0) is 18.8 Å². The number of likely N-dealkylation sites (tertiary alicyclic amines) is 1. The molecule has 1 aliphatic rings. The van der Waals surface area contributed by atoms with Gasteiger partial charge in [0.1, 0.15) is 0 Å². The van der Waals surface area contributed by atoms with Gasteiger partial charge in [-0.25, -0.2) is 8.78 Å². The molecule has 16 heavy (non-hydrogen) atoms. The number of rotatable bonds is 3. The maximum atomic E-state index is 12.8. The van der Waals surface area contributed by atoms with Crippen LogP contribution in [0.15, 0.2) is 0 Å². The molecule has 0 atom stereocenters. The molecule has 0 spiro atoms. The minimum atomic E-state index is -4.54. The summed E-state index contributed by atoms with van der Waals surface area (Å²) in [4.78, 5) is 12.0. The second-order valence-electron chi connectivity index (χ2n) is 4.07. The average Bonchev–Trinajstić information content (AvgIpc) is 2.28. The van der Waals surface area contributed by atoms with E-state index >= 15 is 0 Å². The van der Waals surface area contributed by atoms with Gasteiger partial charge in [-0.15, -0.1) is 0 Å². The number of carbonyl (C=O) groups is 1. The molecule has 0 saturated carbocycles. The van der Waals surface area contributed by atoms with Crippen LogP contribution in [0.25, 0.3) is 0 Å². The van der Waals surface area contributed by atoms with E-state index in [1.165, 1.54) is 0 Å². The molecular formula is C10H15F4NO. The summed E-state index contributed by atoms with van der Waals surface area (Å²) in [5.74, 6) is -5.87. The van der Waals surface area contributed by atoms with Gasteiger partial charge in [0.15, 0.2) is 0 Å². The zero-order valence-electron chi connectivity index (χ0n) is 9.06. The topological polar surface area (TPSA) is 20.3 Å². The normalized spacial score (nSPS) is 19.2. The van der Waals surface area contributed by atoms with Gasteiger partial charge in [0.05, 0.1) is 0 Å². The van der Waals surface area contributed by atoms with E-state index < -0.39 is 18.3 Å². The summed E-state index contributed by atoms with van der Waals surface area (Å²) in [6.07, 6.45) is -1.78. The van der Waals surface area contributed by atoms with E-state index in [9.17, 15) is 22.4 Å². The highest BCUT2D eigenvalue weighted by Crippen LogP contribution is 2.28. The summed E-state index contributed by atoms with van der Waals surface area (Å²) < 4.78 is 49.5. The van der Waals surface area contributed by atoms with Gasteiger partial charge in [-0.1, -0.05) is 13.3 Å². The molecule has 94 valence electrons. The van der Waals surface area contributed by atoms with Crippen LogP contribution >= 0.6 is 0 Å². The second-order valence-corrected chi connectivity index (χ2v) is 4.07. The van der Waals surface area contributed by atoms with Gasteiger partial charge >= 0.3 is 12.3 Å². The van der Waals surface area contributed by atoms with Crippen LogP contribution in [-0.4, -0.2) is 36.2 Å². The van der Waals surface area contributed by atoms with Gasteiger partial charge in [0, 0.05) is 13.1 Å². The van der Waals surface area contributed by atoms with Crippen molar-refractivity contribution in [3.05, 3.63) is 0 Å². The van der Waals surface area contributed by atoms with Crippen molar-refractivity contribution in [2.24, 2.45) is 5.92 Å². The highest BCUT2D eigenvalue weighted by Gasteiger charge is 2.51. The van der Waals surface area contributed by atoms with Crippen molar-refractivity contribution in [1.29, 1.82) is 0 Å². The Morgan fingerprint density at radius 2 is 1.88 bits per heavy atom. The first-order valence-electron chi connectivity index (χ1n) is 5.35. The van der Waals surface area contributed by atoms with Crippen molar-refractivity contribution in [2.75, 3.05) is 13.1 Å². The highest BCUT2D eigenvalue weighted by molar-refractivity contribution is 5.84. The summed E-state index contributed by atoms with van der Waals surface area (Å²) in [5.41, 5.74) is 0. The summed E-state index contributed by atoms with van der Waals surface area (Å²) in [7, 11) is 0. The zero-order valence-corrected chi connectivity index (χ0v) is 9.06. The van der Waals surface area contributed by atoms with Crippen LogP contribution in [0, 0.1) is 5.92 Å². The molecule has 1 rings (SSSR count). The Balaban J connectivity index is 2.57. The summed E-state index contributed by atoms with van der Waals surface area (Å²) >= 11 is 0. The minimum absolute atomic E-state index is 0.152. The molecule has 2 nitrogen and oxygen atoms in total. The fourth-order valence-electron chi connectivity index (χ4n) is 1.85. The lowest BCUT2D eigenvalue weighted by atomic mass is 9.94. The lowest BCUT2D eigenvalue weighted by Crippen LogP contribution is -2.50. The van der Waals surface area contributed by atoms with Crippen LogP contribution in [0.1, 0.15) is 26.2 Å². The van der Waals surface area contributed by atoms with Crippen LogP contribution in [0.5, 0.6) is 0 Å². The smallest absolute Gasteiger partial charge is 0.337 e. The lowest BCUT2D eigenvalue weighted by Gasteiger charge is -2.33. The lowest BCUT2D eigenvalue weighted by molar-refractivity contribution is -0.181. The molecule has 1 heterocycles. The quantitative estimate of drug-likeness (QED) is 0.695. The number of halogens is 4. The molecule has 0 aromatic rings. The monoisotopic (exact) mass is 241 g/mol. The molecule has 0 unspecified atom stereocenters. The fourth-order valence-corrected chi connectivity index (χ4v) is 1.85. The average molecular weight is 241 g/mol. The van der Waals surface area contributed by atoms with Crippen LogP contribution < -0.4 is 0 Å². The fraction of sp³-hybridized carbons (Fsp3) is 0.900. The molecule has 0 radical (unpaired) electrons. The van der Waals surface area contributed by atoms with Crippen LogP contribution in [0.2, 0.25) is 0 Å². The third kappa shape index (κ3) is 2.65. The van der Waals surface area contributed by atoms with Crippen molar-refractivity contribution < 1.29 is 22.4 Å². The number of carbonyl (C=O) groups excluding carboxylic acids is 1. The molecule has 1 saturated heterocycles. The number of amides is 1. The van der Waals surface area contributed by atoms with Crippen molar-refractivity contribution in [3.8, 4) is 0 Å². The largest absolute Gasteiger partial charge is 0.383 e. The molecule has 1 amide bonds. The number of alkyl halides is 4. The van der Waals surface area contributed by atoms with E-state index in [1.807, 2.05) is 6.92 Å². The molecule has 1 aliphatic heterocycles. The molecular weight excluding hydrogens is 226 g/mol.